The third-order valence-electron chi connectivity index (χ3n) is 8.91. The van der Waals surface area contributed by atoms with E-state index in [1.165, 1.54) is 14.2 Å². The van der Waals surface area contributed by atoms with Crippen LogP contribution in [0.4, 0.5) is 4.79 Å². The highest BCUT2D eigenvalue weighted by Gasteiger charge is 2.38. The molecule has 0 aliphatic carbocycles. The highest BCUT2D eigenvalue weighted by Crippen LogP contribution is 2.35. The molecule has 2 aliphatic heterocycles. The third kappa shape index (κ3) is 7.64. The third-order valence-corrected chi connectivity index (χ3v) is 8.91. The lowest BCUT2D eigenvalue weighted by Crippen LogP contribution is -2.42. The number of nitrogens with one attached hydrogen (secondary N) is 3. The van der Waals surface area contributed by atoms with E-state index in [-0.39, 0.29) is 23.9 Å². The molecule has 2 aromatic heterocycles. The number of methoxy groups -OCH3 is 1. The number of carbonyl (C=O) groups excluding carboxylic acids is 3. The summed E-state index contributed by atoms with van der Waals surface area (Å²) < 4.78 is 4.80. The number of aliphatic imine (C=N–C) groups is 1. The number of benzene rings is 2. The number of imidazole rings is 2. The van der Waals surface area contributed by atoms with Gasteiger partial charge in [-0.05, 0) is 36.8 Å². The number of H-pyrrole nitrogens is 2. The molecule has 4 aromatic rings. The number of ether oxygens (including phenoxy) is 1. The molecular weight excluding hydrogens is 628 g/mol. The minimum absolute atomic E-state index is 0.146. The maximum Gasteiger partial charge on any atom is 0.407 e. The van der Waals surface area contributed by atoms with Crippen LogP contribution in [0.3, 0.4) is 0 Å². The van der Waals surface area contributed by atoms with Gasteiger partial charge in [0.15, 0.2) is 6.04 Å². The molecule has 49 heavy (non-hydrogen) atoms. The molecule has 6 rings (SSSR count). The molecule has 4 heterocycles. The minimum atomic E-state index is -0.886. The van der Waals surface area contributed by atoms with E-state index < -0.39 is 18.2 Å². The molecule has 14 nitrogen and oxygen atoms in total. The number of aromatic nitrogens is 4. The van der Waals surface area contributed by atoms with Crippen LogP contribution in [0.5, 0.6) is 0 Å². The molecule has 0 bridgehead atoms. The van der Waals surface area contributed by atoms with Crippen LogP contribution >= 0.6 is 0 Å². The van der Waals surface area contributed by atoms with Gasteiger partial charge in [0.25, 0.3) is 11.8 Å². The molecule has 0 unspecified atom stereocenters. The molecule has 0 radical (unpaired) electrons. The average Bonchev–Trinajstić information content (AvgIpc) is 3.97. The molecule has 2 aliphatic rings. The lowest BCUT2D eigenvalue weighted by molar-refractivity contribution is -0.188. The Bertz CT molecular complexity index is 1740. The second kappa shape index (κ2) is 15.6. The smallest absolute Gasteiger partial charge is 0.407 e. The van der Waals surface area contributed by atoms with E-state index in [0.29, 0.717) is 36.7 Å². The van der Waals surface area contributed by atoms with E-state index in [0.717, 1.165) is 49.0 Å². The predicted octanol–water partition coefficient (Wildman–Crippen LogP) is 4.50. The first-order chi connectivity index (χ1) is 24.0. The summed E-state index contributed by atoms with van der Waals surface area (Å²) in [5.41, 5.74) is 3.14. The fourth-order valence-corrected chi connectivity index (χ4v) is 6.60. The first kappa shape index (κ1) is 33.4. The Morgan fingerprint density at radius 2 is 1.41 bits per heavy atom. The van der Waals surface area contributed by atoms with Crippen LogP contribution in [-0.4, -0.2) is 81.4 Å². The van der Waals surface area contributed by atoms with E-state index in [1.54, 1.807) is 17.3 Å². The fourth-order valence-electron chi connectivity index (χ4n) is 6.60. The number of rotatable bonds is 12. The molecule has 3 N–H and O–H groups in total. The average molecular weight is 669 g/mol. The molecule has 256 valence electrons. The van der Waals surface area contributed by atoms with Crippen molar-refractivity contribution in [1.82, 2.24) is 35.1 Å². The summed E-state index contributed by atoms with van der Waals surface area (Å²) in [5, 5.41) is 2.69. The minimum Gasteiger partial charge on any atom is -0.453 e. The normalized spacial score (nSPS) is 18.8. The van der Waals surface area contributed by atoms with Gasteiger partial charge in [0, 0.05) is 43.3 Å². The van der Waals surface area contributed by atoms with E-state index in [2.05, 4.69) is 35.1 Å². The van der Waals surface area contributed by atoms with Gasteiger partial charge in [-0.3, -0.25) is 9.59 Å². The summed E-state index contributed by atoms with van der Waals surface area (Å²) in [6, 6.07) is 16.3. The number of likely N-dealkylation sites (tertiary alicyclic amines) is 2. The quantitative estimate of drug-likeness (QED) is 0.0859. The lowest BCUT2D eigenvalue weighted by atomic mass is 10.1. The first-order valence-corrected chi connectivity index (χ1v) is 16.3. The number of aromatic amines is 2. The van der Waals surface area contributed by atoms with Crippen LogP contribution in [0.2, 0.25) is 0 Å². The highest BCUT2D eigenvalue weighted by atomic mass is 17.2. The van der Waals surface area contributed by atoms with Crippen LogP contribution in [0.25, 0.3) is 0 Å². The Balaban J connectivity index is 1.14. The van der Waals surface area contributed by atoms with Crippen molar-refractivity contribution in [1.29, 1.82) is 0 Å². The number of carbonyl (C=O) groups is 3. The fraction of sp³-hybridized carbons (Fsp3) is 0.371. The number of alkyl carbamates (subject to hydrolysis) is 1. The summed E-state index contributed by atoms with van der Waals surface area (Å²) in [6.45, 7) is 1.13. The van der Waals surface area contributed by atoms with Gasteiger partial charge in [-0.2, -0.15) is 4.89 Å². The van der Waals surface area contributed by atoms with Crippen molar-refractivity contribution < 1.29 is 28.9 Å². The SMILES string of the molecule is COOC=N[C@@H](C(=O)N1CCC[C@H]1c1ncc(Cc2cnc([C@@H]3CCCN3C(=O)[C@H](NC(=O)OC)c3ccccc3)[nH]2)[nH]1)c1ccccc1. The Kier molecular flexibility index (Phi) is 10.6. The second-order valence-corrected chi connectivity index (χ2v) is 12.0. The topological polar surface area (TPSA) is 167 Å². The molecule has 2 fully saturated rings. The van der Waals surface area contributed by atoms with Crippen molar-refractivity contribution in [2.75, 3.05) is 27.3 Å². The molecular formula is C35H40N8O6. The number of hydrogen-bond acceptors (Lipinski definition) is 9. The van der Waals surface area contributed by atoms with Gasteiger partial charge in [0.05, 0.1) is 26.3 Å². The molecule has 14 heteroatoms. The van der Waals surface area contributed by atoms with Gasteiger partial charge in [-0.25, -0.2) is 19.8 Å². The molecule has 2 saturated heterocycles. The van der Waals surface area contributed by atoms with E-state index in [9.17, 15) is 14.4 Å². The number of amides is 3. The van der Waals surface area contributed by atoms with Crippen molar-refractivity contribution in [3.8, 4) is 0 Å². The van der Waals surface area contributed by atoms with Gasteiger partial charge in [0.2, 0.25) is 6.40 Å². The second-order valence-electron chi connectivity index (χ2n) is 12.0. The largest absolute Gasteiger partial charge is 0.453 e. The first-order valence-electron chi connectivity index (χ1n) is 16.3. The van der Waals surface area contributed by atoms with Crippen molar-refractivity contribution in [3.63, 3.8) is 0 Å². The summed E-state index contributed by atoms with van der Waals surface area (Å²) in [6.07, 6.45) is 7.68. The van der Waals surface area contributed by atoms with Gasteiger partial charge in [-0.1, -0.05) is 60.7 Å². The zero-order valence-electron chi connectivity index (χ0n) is 27.5. The van der Waals surface area contributed by atoms with E-state index >= 15 is 0 Å². The van der Waals surface area contributed by atoms with Crippen LogP contribution < -0.4 is 5.32 Å². The maximum absolute atomic E-state index is 13.8. The van der Waals surface area contributed by atoms with Gasteiger partial charge in [0.1, 0.15) is 17.7 Å². The number of nitrogens with zero attached hydrogens (tertiary/aromatic N) is 5. The zero-order chi connectivity index (χ0) is 34.2. The molecule has 0 saturated carbocycles. The van der Waals surface area contributed by atoms with Gasteiger partial charge >= 0.3 is 6.09 Å². The zero-order valence-corrected chi connectivity index (χ0v) is 27.5. The van der Waals surface area contributed by atoms with Crippen molar-refractivity contribution in [2.24, 2.45) is 4.99 Å². The Labute approximate surface area is 283 Å². The molecule has 0 spiro atoms. The Morgan fingerprint density at radius 1 is 0.857 bits per heavy atom. The standard InChI is InChI=1S/C35H40N8O6/c1-47-35(46)41-30(24-13-7-4-8-14-24)34(45)43-18-10-16-28(43)32-37-21-26(40-32)19-25-20-36-31(39-25)27-15-9-17-42(27)33(44)29(38-22-49-48-2)23-11-5-3-6-12-23/h3-8,11-14,20-22,27-30H,9-10,15-19H2,1-2H3,(H,36,39)(H,37,40)(H,41,46)/t27-,28-,29+,30+/m0/s1. The van der Waals surface area contributed by atoms with Gasteiger partial charge < -0.3 is 34.7 Å². The molecule has 2 aromatic carbocycles. The van der Waals surface area contributed by atoms with E-state index in [1.807, 2.05) is 65.6 Å². The monoisotopic (exact) mass is 668 g/mol. The molecule has 4 atom stereocenters. The lowest BCUT2D eigenvalue weighted by Gasteiger charge is -2.28. The van der Waals surface area contributed by atoms with Crippen LogP contribution in [0, 0.1) is 0 Å². The predicted molar refractivity (Wildman–Crippen MR) is 178 cm³/mol. The maximum atomic E-state index is 13.8. The summed E-state index contributed by atoms with van der Waals surface area (Å²) in [4.78, 5) is 73.4. The number of hydrogen-bond donors (Lipinski definition) is 3. The Morgan fingerprint density at radius 3 is 1.96 bits per heavy atom. The Hall–Kier alpha value is -5.50. The van der Waals surface area contributed by atoms with Crippen molar-refractivity contribution in [2.45, 2.75) is 56.3 Å². The summed E-state index contributed by atoms with van der Waals surface area (Å²) >= 11 is 0. The van der Waals surface area contributed by atoms with Crippen molar-refractivity contribution in [3.05, 3.63) is 107 Å². The van der Waals surface area contributed by atoms with E-state index in [4.69, 9.17) is 9.62 Å². The van der Waals surface area contributed by atoms with Crippen LogP contribution in [0.1, 0.15) is 84.0 Å². The summed E-state index contributed by atoms with van der Waals surface area (Å²) in [7, 11) is 2.65. The van der Waals surface area contributed by atoms with Crippen molar-refractivity contribution >= 4 is 24.3 Å². The highest BCUT2D eigenvalue weighted by molar-refractivity contribution is 5.87. The van der Waals surface area contributed by atoms with Crippen LogP contribution in [-0.2, 0) is 30.5 Å². The van der Waals surface area contributed by atoms with Gasteiger partial charge in [-0.15, -0.1) is 0 Å². The summed E-state index contributed by atoms with van der Waals surface area (Å²) in [5.74, 6) is 1.02. The molecule has 3 amide bonds. The van der Waals surface area contributed by atoms with Crippen LogP contribution in [0.15, 0.2) is 78.0 Å².